The predicted octanol–water partition coefficient (Wildman–Crippen LogP) is 4.41. The van der Waals surface area contributed by atoms with Crippen molar-refractivity contribution in [3.8, 4) is 45.6 Å². The summed E-state index contributed by atoms with van der Waals surface area (Å²) in [4.78, 5) is 11.5. The summed E-state index contributed by atoms with van der Waals surface area (Å²) in [6, 6.07) is 3.76. The number of hydrogen-bond donors (Lipinski definition) is 1. The Kier molecular flexibility index (Phi) is 8.40. The van der Waals surface area contributed by atoms with Crippen molar-refractivity contribution in [1.82, 2.24) is 0 Å². The maximum absolute atomic E-state index is 11.5. The molecule has 0 heterocycles. The molecular weight excluding hydrogens is 464 g/mol. The van der Waals surface area contributed by atoms with Gasteiger partial charge < -0.3 is 33.5 Å². The van der Waals surface area contributed by atoms with Crippen LogP contribution in [0, 0.1) is 5.92 Å². The Labute approximate surface area is 212 Å². The Bertz CT molecular complexity index is 1150. The van der Waals surface area contributed by atoms with Gasteiger partial charge in [-0.3, -0.25) is 4.79 Å². The molecule has 0 aliphatic heterocycles. The van der Waals surface area contributed by atoms with Crippen molar-refractivity contribution in [3.05, 3.63) is 34.9 Å². The van der Waals surface area contributed by atoms with Gasteiger partial charge in [0.05, 0.1) is 41.2 Å². The van der Waals surface area contributed by atoms with Gasteiger partial charge in [-0.2, -0.15) is 0 Å². The lowest BCUT2D eigenvalue weighted by molar-refractivity contribution is -0.105. The van der Waals surface area contributed by atoms with E-state index in [0.717, 1.165) is 23.0 Å². The zero-order valence-electron chi connectivity index (χ0n) is 22.3. The quantitative estimate of drug-likeness (QED) is 0.400. The molecular formula is C28H36O8. The van der Waals surface area contributed by atoms with Gasteiger partial charge in [0.25, 0.3) is 0 Å². The molecule has 2 atom stereocenters. The smallest absolute Gasteiger partial charge is 0.203 e. The third kappa shape index (κ3) is 4.82. The lowest BCUT2D eigenvalue weighted by Crippen LogP contribution is -2.37. The van der Waals surface area contributed by atoms with E-state index in [0.29, 0.717) is 58.5 Å². The first-order chi connectivity index (χ1) is 17.2. The number of hydrogen-bond acceptors (Lipinski definition) is 8. The number of benzene rings is 2. The minimum atomic E-state index is -1.03. The number of carbonyl (C=O) groups excluding carboxylic acids is 1. The molecule has 2 aromatic rings. The summed E-state index contributed by atoms with van der Waals surface area (Å²) < 4.78 is 34.9. The molecule has 196 valence electrons. The summed E-state index contributed by atoms with van der Waals surface area (Å²) >= 11 is 0. The van der Waals surface area contributed by atoms with Crippen LogP contribution in [0.2, 0.25) is 0 Å². The molecule has 1 aliphatic carbocycles. The van der Waals surface area contributed by atoms with E-state index >= 15 is 0 Å². The Morgan fingerprint density at radius 3 is 1.94 bits per heavy atom. The van der Waals surface area contributed by atoms with E-state index in [2.05, 4.69) is 0 Å². The highest BCUT2D eigenvalue weighted by Gasteiger charge is 2.38. The van der Waals surface area contributed by atoms with Gasteiger partial charge in [0.1, 0.15) is 12.9 Å². The van der Waals surface area contributed by atoms with E-state index in [1.165, 1.54) is 7.11 Å². The minimum absolute atomic E-state index is 0.0359. The highest BCUT2D eigenvalue weighted by molar-refractivity contribution is 5.88. The largest absolute Gasteiger partial charge is 0.493 e. The number of carbonyl (C=O) groups is 1. The standard InChI is InChI=1S/C28H36O8/c1-9-17(14-29)15-36-27-22-18(11-20(31-4)25(27)34-7)10-16(2)28(3,30)13-19-12-21(32-5)24(33-6)26(35-8)23(19)22/h9,11-12,14,16,30H,10,13,15H2,1-8H3. The van der Waals surface area contributed by atoms with Crippen molar-refractivity contribution in [2.45, 2.75) is 39.2 Å². The third-order valence-electron chi connectivity index (χ3n) is 6.91. The first kappa shape index (κ1) is 27.2. The summed E-state index contributed by atoms with van der Waals surface area (Å²) in [5.41, 5.74) is 2.54. The molecule has 0 spiro atoms. The molecule has 1 N–H and O–H groups in total. The van der Waals surface area contributed by atoms with Crippen molar-refractivity contribution >= 4 is 6.29 Å². The van der Waals surface area contributed by atoms with Crippen LogP contribution >= 0.6 is 0 Å². The SMILES string of the molecule is CC=C(C=O)COc1c(OC)c(OC)cc2c1-c1c(cc(OC)c(OC)c1OC)CC(C)(O)C(C)C2. The molecule has 0 amide bonds. The van der Waals surface area contributed by atoms with Crippen LogP contribution in [-0.4, -0.2) is 59.1 Å². The number of methoxy groups -OCH3 is 5. The lowest BCUT2D eigenvalue weighted by atomic mass is 9.75. The summed E-state index contributed by atoms with van der Waals surface area (Å²) in [6.45, 7) is 5.65. The van der Waals surface area contributed by atoms with Crippen LogP contribution in [-0.2, 0) is 17.6 Å². The topological polar surface area (TPSA) is 92.7 Å². The Morgan fingerprint density at radius 2 is 1.44 bits per heavy atom. The van der Waals surface area contributed by atoms with Gasteiger partial charge in [-0.05, 0) is 49.4 Å². The predicted molar refractivity (Wildman–Crippen MR) is 137 cm³/mol. The van der Waals surface area contributed by atoms with Gasteiger partial charge in [-0.25, -0.2) is 0 Å². The number of aliphatic hydroxyl groups is 1. The Morgan fingerprint density at radius 1 is 0.917 bits per heavy atom. The molecule has 36 heavy (non-hydrogen) atoms. The van der Waals surface area contributed by atoms with E-state index in [-0.39, 0.29) is 12.5 Å². The van der Waals surface area contributed by atoms with Crippen LogP contribution in [0.5, 0.6) is 34.5 Å². The van der Waals surface area contributed by atoms with E-state index < -0.39 is 5.60 Å². The molecule has 0 saturated carbocycles. The van der Waals surface area contributed by atoms with Crippen LogP contribution in [0.15, 0.2) is 23.8 Å². The normalized spacial score (nSPS) is 19.2. The molecule has 0 radical (unpaired) electrons. The van der Waals surface area contributed by atoms with E-state index in [1.54, 1.807) is 41.4 Å². The molecule has 2 unspecified atom stereocenters. The second-order valence-electron chi connectivity index (χ2n) is 9.06. The molecule has 8 nitrogen and oxygen atoms in total. The van der Waals surface area contributed by atoms with Crippen molar-refractivity contribution in [1.29, 1.82) is 0 Å². The monoisotopic (exact) mass is 500 g/mol. The molecule has 0 saturated heterocycles. The second-order valence-corrected chi connectivity index (χ2v) is 9.06. The average Bonchev–Trinajstić information content (AvgIpc) is 2.87. The molecule has 0 fully saturated rings. The first-order valence-corrected chi connectivity index (χ1v) is 11.8. The highest BCUT2D eigenvalue weighted by Crippen LogP contribution is 2.56. The summed E-state index contributed by atoms with van der Waals surface area (Å²) in [5, 5.41) is 11.5. The third-order valence-corrected chi connectivity index (χ3v) is 6.91. The van der Waals surface area contributed by atoms with Gasteiger partial charge in [0, 0.05) is 23.1 Å². The van der Waals surface area contributed by atoms with E-state index in [9.17, 15) is 9.90 Å². The number of ether oxygens (including phenoxy) is 6. The fourth-order valence-electron chi connectivity index (χ4n) is 4.66. The Hall–Kier alpha value is -3.39. The first-order valence-electron chi connectivity index (χ1n) is 11.8. The fourth-order valence-corrected chi connectivity index (χ4v) is 4.66. The van der Waals surface area contributed by atoms with E-state index in [1.807, 2.05) is 26.0 Å². The number of aldehydes is 1. The van der Waals surface area contributed by atoms with Crippen molar-refractivity contribution in [2.24, 2.45) is 5.92 Å². The average molecular weight is 501 g/mol. The van der Waals surface area contributed by atoms with Crippen molar-refractivity contribution < 1.29 is 38.3 Å². The van der Waals surface area contributed by atoms with Gasteiger partial charge in [0.15, 0.2) is 23.0 Å². The van der Waals surface area contributed by atoms with Crippen molar-refractivity contribution in [3.63, 3.8) is 0 Å². The number of rotatable bonds is 9. The number of fused-ring (bicyclic) bond motifs is 3. The second kappa shape index (κ2) is 11.1. The van der Waals surface area contributed by atoms with Gasteiger partial charge in [0.2, 0.25) is 11.5 Å². The van der Waals surface area contributed by atoms with Gasteiger partial charge in [-0.1, -0.05) is 13.0 Å². The zero-order valence-corrected chi connectivity index (χ0v) is 22.3. The molecule has 2 aromatic carbocycles. The van der Waals surface area contributed by atoms with Crippen LogP contribution in [0.4, 0.5) is 0 Å². The van der Waals surface area contributed by atoms with Gasteiger partial charge in [-0.15, -0.1) is 0 Å². The van der Waals surface area contributed by atoms with Crippen LogP contribution < -0.4 is 28.4 Å². The highest BCUT2D eigenvalue weighted by atomic mass is 16.5. The summed E-state index contributed by atoms with van der Waals surface area (Å²) in [5.74, 6) is 2.51. The maximum atomic E-state index is 11.5. The summed E-state index contributed by atoms with van der Waals surface area (Å²) in [6.07, 6.45) is 3.32. The molecule has 1 aliphatic rings. The fraction of sp³-hybridized carbons (Fsp3) is 0.464. The molecule has 0 bridgehead atoms. The number of allylic oxidation sites excluding steroid dienone is 1. The zero-order chi connectivity index (χ0) is 26.6. The van der Waals surface area contributed by atoms with Crippen LogP contribution in [0.3, 0.4) is 0 Å². The Balaban J connectivity index is 2.51. The molecule has 0 aromatic heterocycles. The van der Waals surface area contributed by atoms with Crippen LogP contribution in [0.1, 0.15) is 31.9 Å². The summed E-state index contributed by atoms with van der Waals surface area (Å²) in [7, 11) is 7.76. The van der Waals surface area contributed by atoms with Gasteiger partial charge >= 0.3 is 0 Å². The minimum Gasteiger partial charge on any atom is -0.493 e. The van der Waals surface area contributed by atoms with Crippen LogP contribution in [0.25, 0.3) is 11.1 Å². The molecule has 8 heteroatoms. The lowest BCUT2D eigenvalue weighted by Gasteiger charge is -2.36. The van der Waals surface area contributed by atoms with E-state index in [4.69, 9.17) is 28.4 Å². The maximum Gasteiger partial charge on any atom is 0.203 e. The molecule has 3 rings (SSSR count). The van der Waals surface area contributed by atoms with Crippen molar-refractivity contribution in [2.75, 3.05) is 42.2 Å².